The van der Waals surface area contributed by atoms with Gasteiger partial charge in [-0.05, 0) is 55.7 Å². The van der Waals surface area contributed by atoms with Crippen LogP contribution in [0.5, 0.6) is 5.75 Å². The summed E-state index contributed by atoms with van der Waals surface area (Å²) in [6.45, 7) is 2.93. The molecule has 0 unspecified atom stereocenters. The molecule has 1 saturated heterocycles. The summed E-state index contributed by atoms with van der Waals surface area (Å²) in [4.78, 5) is 24.1. The van der Waals surface area contributed by atoms with Crippen LogP contribution < -0.4 is 14.8 Å². The van der Waals surface area contributed by atoms with Crippen LogP contribution in [0.3, 0.4) is 0 Å². The number of hydrogen-bond donors (Lipinski definition) is 2. The van der Waals surface area contributed by atoms with Crippen molar-refractivity contribution >= 4 is 22.0 Å². The van der Waals surface area contributed by atoms with Crippen molar-refractivity contribution in [2.45, 2.75) is 57.9 Å². The molecule has 2 aliphatic rings. The lowest BCUT2D eigenvalue weighted by Crippen LogP contribution is -2.31. The van der Waals surface area contributed by atoms with Crippen molar-refractivity contribution in [1.29, 1.82) is 0 Å². The van der Waals surface area contributed by atoms with E-state index in [1.165, 1.54) is 11.0 Å². The molecule has 8 nitrogen and oxygen atoms in total. The molecule has 1 heterocycles. The number of amides is 3. The van der Waals surface area contributed by atoms with Crippen LogP contribution in [0.25, 0.3) is 0 Å². The Morgan fingerprint density at radius 2 is 2.03 bits per heavy atom. The van der Waals surface area contributed by atoms with E-state index in [1.807, 2.05) is 6.92 Å². The number of rotatable bonds is 14. The summed E-state index contributed by atoms with van der Waals surface area (Å²) in [7, 11) is -3.54. The van der Waals surface area contributed by atoms with E-state index >= 15 is 0 Å². The summed E-state index contributed by atoms with van der Waals surface area (Å²) >= 11 is 0. The maximum Gasteiger partial charge on any atom is 0.324 e. The van der Waals surface area contributed by atoms with Gasteiger partial charge in [0.1, 0.15) is 6.54 Å². The van der Waals surface area contributed by atoms with E-state index in [1.54, 1.807) is 12.1 Å². The summed E-state index contributed by atoms with van der Waals surface area (Å²) in [6, 6.07) is 3.68. The lowest BCUT2D eigenvalue weighted by Gasteiger charge is -2.20. The molecule has 1 saturated carbocycles. The van der Waals surface area contributed by atoms with Crippen molar-refractivity contribution in [3.05, 3.63) is 29.6 Å². The fourth-order valence-electron chi connectivity index (χ4n) is 3.63. The van der Waals surface area contributed by atoms with Crippen LogP contribution in [0.1, 0.15) is 63.5 Å². The predicted molar refractivity (Wildman–Crippen MR) is 118 cm³/mol. The summed E-state index contributed by atoms with van der Waals surface area (Å²) in [5.41, 5.74) is 0.687. The number of unbranched alkanes of at least 4 members (excludes halogenated alkanes) is 2. The highest BCUT2D eigenvalue weighted by Gasteiger charge is 2.26. The number of carbonyl (C=O) groups excluding carboxylic acids is 2. The van der Waals surface area contributed by atoms with Crippen LogP contribution >= 0.6 is 0 Å². The van der Waals surface area contributed by atoms with E-state index in [0.717, 1.165) is 19.3 Å². The van der Waals surface area contributed by atoms with Crippen molar-refractivity contribution in [2.75, 3.05) is 25.4 Å². The molecule has 3 rings (SSSR count). The van der Waals surface area contributed by atoms with Crippen LogP contribution in [0.2, 0.25) is 0 Å². The Bertz CT molecular complexity index is 920. The van der Waals surface area contributed by atoms with Gasteiger partial charge in [0.15, 0.2) is 11.6 Å². The molecule has 1 aliphatic heterocycles. The minimum Gasteiger partial charge on any atom is -0.490 e. The Hall–Kier alpha value is -2.20. The molecule has 1 aromatic rings. The number of nitrogens with one attached hydrogen (secondary N) is 2. The molecule has 0 spiro atoms. The minimum atomic E-state index is -3.54. The van der Waals surface area contributed by atoms with Crippen LogP contribution in [-0.4, -0.2) is 50.7 Å². The van der Waals surface area contributed by atoms with Crippen molar-refractivity contribution in [2.24, 2.45) is 5.92 Å². The van der Waals surface area contributed by atoms with Gasteiger partial charge in [-0.2, -0.15) is 0 Å². The Balaban J connectivity index is 1.49. The number of ether oxygens (including phenoxy) is 1. The molecule has 0 bridgehead atoms. The molecular formula is C22H32FN3O5S. The topological polar surface area (TPSA) is 105 Å². The largest absolute Gasteiger partial charge is 0.490 e. The summed E-state index contributed by atoms with van der Waals surface area (Å²) < 4.78 is 47.8. The molecule has 0 aromatic heterocycles. The van der Waals surface area contributed by atoms with E-state index in [9.17, 15) is 22.4 Å². The van der Waals surface area contributed by atoms with Gasteiger partial charge in [-0.25, -0.2) is 22.3 Å². The van der Waals surface area contributed by atoms with Crippen molar-refractivity contribution in [3.8, 4) is 5.75 Å². The lowest BCUT2D eigenvalue weighted by atomic mass is 10.0. The second-order valence-corrected chi connectivity index (χ2v) is 10.4. The first-order valence-electron chi connectivity index (χ1n) is 11.3. The molecule has 2 N–H and O–H groups in total. The van der Waals surface area contributed by atoms with Gasteiger partial charge in [0.2, 0.25) is 15.9 Å². The first-order chi connectivity index (χ1) is 15.3. The molecule has 2 fully saturated rings. The number of hydrogen-bond acceptors (Lipinski definition) is 5. The fraction of sp³-hybridized carbons (Fsp3) is 0.636. The van der Waals surface area contributed by atoms with Gasteiger partial charge in [-0.1, -0.05) is 25.8 Å². The highest BCUT2D eigenvalue weighted by atomic mass is 32.2. The molecule has 1 atom stereocenters. The molecule has 1 aromatic carbocycles. The molecule has 10 heteroatoms. The van der Waals surface area contributed by atoms with Gasteiger partial charge in [0.05, 0.1) is 12.4 Å². The van der Waals surface area contributed by atoms with Gasteiger partial charge >= 0.3 is 6.03 Å². The molecule has 178 valence electrons. The Morgan fingerprint density at radius 1 is 1.25 bits per heavy atom. The third-order valence-corrected chi connectivity index (χ3v) is 7.11. The zero-order valence-electron chi connectivity index (χ0n) is 18.4. The maximum atomic E-state index is 14.1. The average Bonchev–Trinajstić information content (AvgIpc) is 3.50. The Labute approximate surface area is 188 Å². The van der Waals surface area contributed by atoms with Gasteiger partial charge in [-0.3, -0.25) is 10.1 Å². The second-order valence-electron chi connectivity index (χ2n) is 8.56. The van der Waals surface area contributed by atoms with E-state index in [4.69, 9.17) is 4.74 Å². The van der Waals surface area contributed by atoms with E-state index in [0.29, 0.717) is 50.3 Å². The third-order valence-electron chi connectivity index (χ3n) is 5.64. The number of carbonyl (C=O) groups is 2. The maximum absolute atomic E-state index is 14.1. The first-order valence-corrected chi connectivity index (χ1v) is 12.9. The summed E-state index contributed by atoms with van der Waals surface area (Å²) in [5, 5.41) is 2.21. The van der Waals surface area contributed by atoms with Gasteiger partial charge in [0.25, 0.3) is 0 Å². The monoisotopic (exact) mass is 469 g/mol. The summed E-state index contributed by atoms with van der Waals surface area (Å²) in [5.74, 6) is -0.140. The number of benzene rings is 1. The van der Waals surface area contributed by atoms with Crippen molar-refractivity contribution < 1.29 is 27.1 Å². The summed E-state index contributed by atoms with van der Waals surface area (Å²) in [6.07, 6.45) is 5.23. The number of halogens is 1. The van der Waals surface area contributed by atoms with Crippen molar-refractivity contribution in [1.82, 2.24) is 14.9 Å². The molecule has 1 aliphatic carbocycles. The van der Waals surface area contributed by atoms with Crippen molar-refractivity contribution in [3.63, 3.8) is 0 Å². The normalized spacial score (nSPS) is 17.5. The standard InChI is InChI=1S/C22H32FN3O5S/c1-2-6-19(17-9-10-18(23)20(13-17)31-15-16-7-8-16)25-32(29,30)12-5-3-4-11-26-14-21(27)24-22(26)28/h9-10,13,16,19,25H,2-8,11-12,14-15H2,1H3,(H,24,27,28)/t19-/m1/s1. The average molecular weight is 470 g/mol. The van der Waals surface area contributed by atoms with Crippen LogP contribution in [0.4, 0.5) is 9.18 Å². The number of imide groups is 1. The van der Waals surface area contributed by atoms with Gasteiger partial charge in [-0.15, -0.1) is 0 Å². The SMILES string of the molecule is CCC[C@@H](NS(=O)(=O)CCCCCN1CC(=O)NC1=O)c1ccc(F)c(OCC2CC2)c1. The second kappa shape index (κ2) is 11.1. The van der Waals surface area contributed by atoms with E-state index in [2.05, 4.69) is 10.0 Å². The number of nitrogens with zero attached hydrogens (tertiary/aromatic N) is 1. The van der Waals surface area contributed by atoms with Gasteiger partial charge < -0.3 is 9.64 Å². The zero-order chi connectivity index (χ0) is 23.1. The van der Waals surface area contributed by atoms with Crippen LogP contribution in [-0.2, 0) is 14.8 Å². The quantitative estimate of drug-likeness (QED) is 0.322. The lowest BCUT2D eigenvalue weighted by molar-refractivity contribution is -0.118. The highest BCUT2D eigenvalue weighted by molar-refractivity contribution is 7.89. The number of sulfonamides is 1. The first kappa shape index (κ1) is 24.4. The Kier molecular flexibility index (Phi) is 8.47. The fourth-order valence-corrected chi connectivity index (χ4v) is 5.02. The van der Waals surface area contributed by atoms with E-state index < -0.39 is 27.9 Å². The zero-order valence-corrected chi connectivity index (χ0v) is 19.3. The van der Waals surface area contributed by atoms with Crippen LogP contribution in [0.15, 0.2) is 18.2 Å². The molecule has 3 amide bonds. The third kappa shape index (κ3) is 7.44. The molecular weight excluding hydrogens is 437 g/mol. The van der Waals surface area contributed by atoms with Gasteiger partial charge in [0, 0.05) is 12.6 Å². The minimum absolute atomic E-state index is 0.0371. The predicted octanol–water partition coefficient (Wildman–Crippen LogP) is 3.10. The molecule has 32 heavy (non-hydrogen) atoms. The number of urea groups is 1. The molecule has 0 radical (unpaired) electrons. The highest BCUT2D eigenvalue weighted by Crippen LogP contribution is 2.31. The Morgan fingerprint density at radius 3 is 2.69 bits per heavy atom. The smallest absolute Gasteiger partial charge is 0.324 e. The van der Waals surface area contributed by atoms with E-state index in [-0.39, 0.29) is 24.0 Å². The van der Waals surface area contributed by atoms with Crippen LogP contribution in [0, 0.1) is 11.7 Å².